The maximum absolute atomic E-state index is 13.5. The molecule has 0 aliphatic rings. The molecule has 0 radical (unpaired) electrons. The maximum atomic E-state index is 13.5. The summed E-state index contributed by atoms with van der Waals surface area (Å²) < 4.78 is 37.5. The van der Waals surface area contributed by atoms with E-state index in [4.69, 9.17) is 9.47 Å². The largest absolute Gasteiger partial charge is 0.493 e. The van der Waals surface area contributed by atoms with Crippen molar-refractivity contribution in [1.29, 1.82) is 0 Å². The molecule has 2 rings (SSSR count). The molecule has 0 atom stereocenters. The Bertz CT molecular complexity index is 597. The number of rotatable bonds is 6. The van der Waals surface area contributed by atoms with E-state index in [9.17, 15) is 8.78 Å². The second-order valence-electron chi connectivity index (χ2n) is 4.46. The molecule has 0 unspecified atom stereocenters. The van der Waals surface area contributed by atoms with Gasteiger partial charge in [0, 0.05) is 24.2 Å². The summed E-state index contributed by atoms with van der Waals surface area (Å²) in [5.41, 5.74) is 0.882. The van der Waals surface area contributed by atoms with E-state index >= 15 is 0 Å². The van der Waals surface area contributed by atoms with Crippen molar-refractivity contribution in [3.8, 4) is 11.5 Å². The third kappa shape index (κ3) is 3.49. The molecule has 1 N–H and O–H groups in total. The third-order valence-corrected chi connectivity index (χ3v) is 3.16. The van der Waals surface area contributed by atoms with E-state index in [-0.39, 0.29) is 12.1 Å². The molecule has 2 aromatic carbocycles. The number of ether oxygens (including phenoxy) is 2. The average Bonchev–Trinajstić information content (AvgIpc) is 2.49. The molecule has 2 aromatic rings. The Balaban J connectivity index is 2.07. The highest BCUT2D eigenvalue weighted by Gasteiger charge is 2.11. The summed E-state index contributed by atoms with van der Waals surface area (Å²) in [6.07, 6.45) is 0. The Morgan fingerprint density at radius 3 is 2.19 bits per heavy atom. The van der Waals surface area contributed by atoms with Crippen LogP contribution in [0.2, 0.25) is 0 Å². The van der Waals surface area contributed by atoms with E-state index in [0.717, 1.165) is 5.56 Å². The number of methoxy groups -OCH3 is 2. The molecular weight excluding hydrogens is 276 g/mol. The molecule has 0 fully saturated rings. The van der Waals surface area contributed by atoms with Crippen LogP contribution in [0.25, 0.3) is 0 Å². The van der Waals surface area contributed by atoms with Gasteiger partial charge in [-0.1, -0.05) is 18.2 Å². The fourth-order valence-electron chi connectivity index (χ4n) is 2.12. The van der Waals surface area contributed by atoms with Crippen molar-refractivity contribution in [2.75, 3.05) is 14.2 Å². The van der Waals surface area contributed by atoms with Crippen LogP contribution in [0.1, 0.15) is 11.1 Å². The van der Waals surface area contributed by atoms with Gasteiger partial charge in [0.05, 0.1) is 14.2 Å². The minimum atomic E-state index is -0.555. The predicted molar refractivity (Wildman–Crippen MR) is 76.4 cm³/mol. The smallest absolute Gasteiger partial charge is 0.165 e. The van der Waals surface area contributed by atoms with Gasteiger partial charge in [-0.25, -0.2) is 8.78 Å². The number of para-hydroxylation sites is 1. The maximum Gasteiger partial charge on any atom is 0.165 e. The van der Waals surface area contributed by atoms with E-state index in [1.807, 2.05) is 12.1 Å². The Kier molecular flexibility index (Phi) is 5.11. The van der Waals surface area contributed by atoms with E-state index in [1.165, 1.54) is 18.2 Å². The molecule has 112 valence electrons. The quantitative estimate of drug-likeness (QED) is 0.886. The van der Waals surface area contributed by atoms with Crippen LogP contribution in [0, 0.1) is 11.6 Å². The number of nitrogens with one attached hydrogen (secondary N) is 1. The van der Waals surface area contributed by atoms with Gasteiger partial charge in [-0.15, -0.1) is 0 Å². The number of hydrogen-bond acceptors (Lipinski definition) is 3. The van der Waals surface area contributed by atoms with Crippen LogP contribution in [0.15, 0.2) is 36.4 Å². The van der Waals surface area contributed by atoms with Gasteiger partial charge in [-0.2, -0.15) is 0 Å². The first-order valence-electron chi connectivity index (χ1n) is 6.50. The van der Waals surface area contributed by atoms with Gasteiger partial charge >= 0.3 is 0 Å². The summed E-state index contributed by atoms with van der Waals surface area (Å²) in [4.78, 5) is 0. The molecule has 3 nitrogen and oxygen atoms in total. The molecule has 0 bridgehead atoms. The van der Waals surface area contributed by atoms with Crippen LogP contribution in [0.3, 0.4) is 0 Å². The van der Waals surface area contributed by atoms with Crippen molar-refractivity contribution >= 4 is 0 Å². The van der Waals surface area contributed by atoms with E-state index < -0.39 is 11.6 Å². The van der Waals surface area contributed by atoms with Gasteiger partial charge in [0.2, 0.25) is 0 Å². The van der Waals surface area contributed by atoms with Crippen LogP contribution in [-0.4, -0.2) is 14.2 Å². The molecule has 0 saturated heterocycles. The van der Waals surface area contributed by atoms with Crippen LogP contribution in [0.5, 0.6) is 11.5 Å². The van der Waals surface area contributed by atoms with Gasteiger partial charge in [0.25, 0.3) is 0 Å². The first-order valence-corrected chi connectivity index (χ1v) is 6.50. The summed E-state index contributed by atoms with van der Waals surface area (Å²) >= 11 is 0. The van der Waals surface area contributed by atoms with Crippen LogP contribution >= 0.6 is 0 Å². The molecular formula is C16H17F2NO2. The molecule has 0 heterocycles. The lowest BCUT2D eigenvalue weighted by Gasteiger charge is -2.13. The van der Waals surface area contributed by atoms with E-state index in [0.29, 0.717) is 18.0 Å². The fraction of sp³-hybridized carbons (Fsp3) is 0.250. The minimum absolute atomic E-state index is 0.0272. The summed E-state index contributed by atoms with van der Waals surface area (Å²) in [6.45, 7) is 0.507. The molecule has 0 aliphatic heterocycles. The summed E-state index contributed by atoms with van der Waals surface area (Å²) in [5.74, 6) is 0.121. The van der Waals surface area contributed by atoms with Gasteiger partial charge in [-0.3, -0.25) is 0 Å². The molecule has 0 spiro atoms. The highest BCUT2D eigenvalue weighted by atomic mass is 19.1. The fourth-order valence-corrected chi connectivity index (χ4v) is 2.12. The zero-order valence-electron chi connectivity index (χ0n) is 12.0. The minimum Gasteiger partial charge on any atom is -0.493 e. The Morgan fingerprint density at radius 2 is 1.57 bits per heavy atom. The molecule has 0 aliphatic carbocycles. The summed E-state index contributed by atoms with van der Waals surface area (Å²) in [6, 6.07) is 9.32. The SMILES string of the molecule is COc1cccc(CNCc2c(F)cccc2F)c1OC. The van der Waals surface area contributed by atoms with E-state index in [1.54, 1.807) is 20.3 Å². The molecule has 0 amide bonds. The topological polar surface area (TPSA) is 30.5 Å². The van der Waals surface area contributed by atoms with Crippen molar-refractivity contribution < 1.29 is 18.3 Å². The monoisotopic (exact) mass is 293 g/mol. The number of halogens is 2. The van der Waals surface area contributed by atoms with Crippen molar-refractivity contribution in [2.24, 2.45) is 0 Å². The lowest BCUT2D eigenvalue weighted by Crippen LogP contribution is -2.15. The lowest BCUT2D eigenvalue weighted by atomic mass is 10.1. The lowest BCUT2D eigenvalue weighted by molar-refractivity contribution is 0.350. The van der Waals surface area contributed by atoms with Crippen molar-refractivity contribution in [1.82, 2.24) is 5.32 Å². The van der Waals surface area contributed by atoms with Gasteiger partial charge < -0.3 is 14.8 Å². The number of hydrogen-bond donors (Lipinski definition) is 1. The number of benzene rings is 2. The Morgan fingerprint density at radius 1 is 0.905 bits per heavy atom. The Hall–Kier alpha value is -2.14. The van der Waals surface area contributed by atoms with Crippen LogP contribution in [0.4, 0.5) is 8.78 Å². The van der Waals surface area contributed by atoms with Gasteiger partial charge in [0.1, 0.15) is 11.6 Å². The summed E-state index contributed by atoms with van der Waals surface area (Å²) in [7, 11) is 3.11. The molecule has 5 heteroatoms. The zero-order valence-corrected chi connectivity index (χ0v) is 12.0. The standard InChI is InChI=1S/C16H17F2NO2/c1-20-15-8-3-5-11(16(15)21-2)9-19-10-12-13(17)6-4-7-14(12)18/h3-8,19H,9-10H2,1-2H3. The molecule has 21 heavy (non-hydrogen) atoms. The van der Waals surface area contributed by atoms with Crippen LogP contribution < -0.4 is 14.8 Å². The van der Waals surface area contributed by atoms with Gasteiger partial charge in [0.15, 0.2) is 11.5 Å². The zero-order chi connectivity index (χ0) is 15.2. The average molecular weight is 293 g/mol. The highest BCUT2D eigenvalue weighted by Crippen LogP contribution is 2.30. The van der Waals surface area contributed by atoms with Gasteiger partial charge in [-0.05, 0) is 18.2 Å². The first-order chi connectivity index (χ1) is 10.2. The Labute approximate surface area is 122 Å². The molecule has 0 saturated carbocycles. The second-order valence-corrected chi connectivity index (χ2v) is 4.46. The highest BCUT2D eigenvalue weighted by molar-refractivity contribution is 5.46. The van der Waals surface area contributed by atoms with Crippen molar-refractivity contribution in [3.63, 3.8) is 0 Å². The predicted octanol–water partition coefficient (Wildman–Crippen LogP) is 3.27. The normalized spacial score (nSPS) is 10.5. The molecule has 0 aromatic heterocycles. The van der Waals surface area contributed by atoms with Crippen molar-refractivity contribution in [3.05, 3.63) is 59.2 Å². The summed E-state index contributed by atoms with van der Waals surface area (Å²) in [5, 5.41) is 3.01. The third-order valence-electron chi connectivity index (χ3n) is 3.16. The second kappa shape index (κ2) is 7.04. The van der Waals surface area contributed by atoms with E-state index in [2.05, 4.69) is 5.32 Å². The van der Waals surface area contributed by atoms with Crippen molar-refractivity contribution in [2.45, 2.75) is 13.1 Å². The first kappa shape index (κ1) is 15.3. The van der Waals surface area contributed by atoms with Crippen LogP contribution in [-0.2, 0) is 13.1 Å².